The third-order valence-corrected chi connectivity index (χ3v) is 4.85. The van der Waals surface area contributed by atoms with Crippen molar-refractivity contribution < 1.29 is 19.2 Å². The van der Waals surface area contributed by atoms with Crippen LogP contribution in [0.5, 0.6) is 0 Å². The van der Waals surface area contributed by atoms with Gasteiger partial charge in [0.1, 0.15) is 13.1 Å². The van der Waals surface area contributed by atoms with Crippen LogP contribution in [-0.4, -0.2) is 44.0 Å². The number of hydrogen-bond acceptors (Lipinski definition) is 3. The van der Waals surface area contributed by atoms with E-state index in [0.29, 0.717) is 30.0 Å². The average molecular weight is 353 g/mol. The summed E-state index contributed by atoms with van der Waals surface area (Å²) >= 11 is 0. The number of nitrogens with one attached hydrogen (secondary N) is 2. The van der Waals surface area contributed by atoms with E-state index < -0.39 is 0 Å². The Morgan fingerprint density at radius 3 is 2.46 bits per heavy atom. The molecule has 2 aromatic carbocycles. The predicted octanol–water partition coefficient (Wildman–Crippen LogP) is 1.47. The Morgan fingerprint density at radius 1 is 1.08 bits per heavy atom. The number of quaternary nitrogens is 1. The lowest BCUT2D eigenvalue weighted by Gasteiger charge is -2.28. The Kier molecular flexibility index (Phi) is 5.81. The van der Waals surface area contributed by atoms with Crippen molar-refractivity contribution in [1.29, 1.82) is 0 Å². The van der Waals surface area contributed by atoms with Crippen LogP contribution >= 0.6 is 0 Å². The van der Waals surface area contributed by atoms with E-state index in [-0.39, 0.29) is 17.7 Å². The molecule has 1 amide bonds. The molecule has 0 unspecified atom stereocenters. The molecule has 1 aliphatic heterocycles. The lowest BCUT2D eigenvalue weighted by molar-refractivity contribution is -0.921. The molecule has 1 aliphatic rings. The summed E-state index contributed by atoms with van der Waals surface area (Å²) in [4.78, 5) is 26.8. The summed E-state index contributed by atoms with van der Waals surface area (Å²) in [5, 5.41) is 2.96. The van der Waals surface area contributed by atoms with Crippen LogP contribution in [0.3, 0.4) is 0 Å². The summed E-state index contributed by atoms with van der Waals surface area (Å²) in [5.74, 6) is -0.163. The zero-order valence-electron chi connectivity index (χ0n) is 15.2. The smallest absolute Gasteiger partial charge is 0.282 e. The van der Waals surface area contributed by atoms with Gasteiger partial charge in [-0.2, -0.15) is 0 Å². The zero-order valence-corrected chi connectivity index (χ0v) is 15.2. The Bertz CT molecular complexity index is 783. The summed E-state index contributed by atoms with van der Waals surface area (Å²) in [7, 11) is 0. The third kappa shape index (κ3) is 4.18. The number of morpholine rings is 1. The van der Waals surface area contributed by atoms with Crippen LogP contribution in [0, 0.1) is 6.92 Å². The monoisotopic (exact) mass is 353 g/mol. The van der Waals surface area contributed by atoms with E-state index in [9.17, 15) is 9.59 Å². The highest BCUT2D eigenvalue weighted by Crippen LogP contribution is 2.21. The molecule has 0 radical (unpaired) electrons. The molecular formula is C21H25N2O3+. The van der Waals surface area contributed by atoms with Crippen molar-refractivity contribution >= 4 is 17.4 Å². The van der Waals surface area contributed by atoms with Crippen molar-refractivity contribution in [3.63, 3.8) is 0 Å². The molecule has 2 N–H and O–H groups in total. The molecule has 0 aromatic heterocycles. The highest BCUT2D eigenvalue weighted by Gasteiger charge is 2.27. The number of aryl methyl sites for hydroxylation is 1. The van der Waals surface area contributed by atoms with Gasteiger partial charge in [0.05, 0.1) is 18.9 Å². The van der Waals surface area contributed by atoms with Crippen LogP contribution in [0.1, 0.15) is 28.4 Å². The molecule has 5 heteroatoms. The normalized spacial score (nSPS) is 16.1. The third-order valence-electron chi connectivity index (χ3n) is 4.85. The Labute approximate surface area is 154 Å². The minimum atomic E-state index is -0.195. The van der Waals surface area contributed by atoms with Crippen molar-refractivity contribution in [2.24, 2.45) is 0 Å². The molecule has 1 saturated heterocycles. The Hall–Kier alpha value is -2.50. The molecule has 1 fully saturated rings. The molecule has 3 rings (SSSR count). The maximum Gasteiger partial charge on any atom is 0.282 e. The first-order valence-corrected chi connectivity index (χ1v) is 9.00. The first kappa shape index (κ1) is 18.3. The maximum absolute atomic E-state index is 12.9. The largest absolute Gasteiger partial charge is 0.370 e. The van der Waals surface area contributed by atoms with E-state index in [1.165, 1.54) is 4.90 Å². The second kappa shape index (κ2) is 8.25. The van der Waals surface area contributed by atoms with Gasteiger partial charge in [-0.25, -0.2) is 0 Å². The molecular weight excluding hydrogens is 328 g/mol. The molecule has 1 atom stereocenters. The van der Waals surface area contributed by atoms with Crippen LogP contribution in [0.2, 0.25) is 0 Å². The van der Waals surface area contributed by atoms with Crippen LogP contribution in [0.25, 0.3) is 0 Å². The van der Waals surface area contributed by atoms with Gasteiger partial charge in [0, 0.05) is 11.1 Å². The number of benzene rings is 2. The summed E-state index contributed by atoms with van der Waals surface area (Å²) in [5.41, 5.74) is 2.68. The van der Waals surface area contributed by atoms with Gasteiger partial charge in [-0.3, -0.25) is 9.59 Å². The summed E-state index contributed by atoms with van der Waals surface area (Å²) < 4.78 is 5.36. The van der Waals surface area contributed by atoms with Crippen LogP contribution in [0.15, 0.2) is 48.5 Å². The molecule has 2 aromatic rings. The zero-order chi connectivity index (χ0) is 18.5. The van der Waals surface area contributed by atoms with E-state index in [4.69, 9.17) is 4.74 Å². The molecule has 0 spiro atoms. The van der Waals surface area contributed by atoms with Gasteiger partial charge in [-0.1, -0.05) is 42.0 Å². The number of anilines is 1. The number of ketones is 1. The molecule has 26 heavy (non-hydrogen) atoms. The number of ether oxygens (including phenoxy) is 1. The predicted molar refractivity (Wildman–Crippen MR) is 101 cm³/mol. The second-order valence-electron chi connectivity index (χ2n) is 6.73. The van der Waals surface area contributed by atoms with Gasteiger partial charge in [-0.05, 0) is 26.0 Å². The maximum atomic E-state index is 12.9. The van der Waals surface area contributed by atoms with Crippen molar-refractivity contribution in [1.82, 2.24) is 0 Å². The fraction of sp³-hybridized carbons (Fsp3) is 0.333. The lowest BCUT2D eigenvalue weighted by Crippen LogP contribution is -3.18. The van der Waals surface area contributed by atoms with E-state index in [1.807, 2.05) is 50.2 Å². The van der Waals surface area contributed by atoms with E-state index in [0.717, 1.165) is 18.7 Å². The fourth-order valence-corrected chi connectivity index (χ4v) is 3.19. The van der Waals surface area contributed by atoms with Gasteiger partial charge in [0.15, 0.2) is 11.8 Å². The number of hydrogen-bond donors (Lipinski definition) is 2. The molecule has 1 heterocycles. The van der Waals surface area contributed by atoms with Crippen LogP contribution in [0.4, 0.5) is 5.69 Å². The van der Waals surface area contributed by atoms with E-state index in [2.05, 4.69) is 5.32 Å². The highest BCUT2D eigenvalue weighted by molar-refractivity contribution is 6.14. The molecule has 5 nitrogen and oxygen atoms in total. The highest BCUT2D eigenvalue weighted by atomic mass is 16.5. The fourth-order valence-electron chi connectivity index (χ4n) is 3.19. The summed E-state index contributed by atoms with van der Waals surface area (Å²) in [6.07, 6.45) is 0. The Morgan fingerprint density at radius 2 is 1.77 bits per heavy atom. The van der Waals surface area contributed by atoms with Crippen LogP contribution in [-0.2, 0) is 9.53 Å². The Balaban J connectivity index is 1.81. The number of amides is 1. The minimum absolute atomic E-state index is 0.0761. The first-order valence-electron chi connectivity index (χ1n) is 9.00. The number of carbonyl (C=O) groups excluding carboxylic acids is 2. The van der Waals surface area contributed by atoms with Crippen molar-refractivity contribution in [3.8, 4) is 0 Å². The topological polar surface area (TPSA) is 59.8 Å². The molecule has 136 valence electrons. The van der Waals surface area contributed by atoms with Gasteiger partial charge in [0.2, 0.25) is 0 Å². The summed E-state index contributed by atoms with van der Waals surface area (Å²) in [6.45, 7) is 6.85. The lowest BCUT2D eigenvalue weighted by atomic mass is 9.99. The van der Waals surface area contributed by atoms with Gasteiger partial charge >= 0.3 is 0 Å². The number of carbonyl (C=O) groups is 2. The van der Waals surface area contributed by atoms with Crippen molar-refractivity contribution in [2.45, 2.75) is 19.9 Å². The molecule has 0 saturated carbocycles. The molecule has 0 bridgehead atoms. The number of rotatable bonds is 5. The van der Waals surface area contributed by atoms with E-state index >= 15 is 0 Å². The van der Waals surface area contributed by atoms with Gasteiger partial charge in [0.25, 0.3) is 5.91 Å². The molecule has 0 aliphatic carbocycles. The second-order valence-corrected chi connectivity index (χ2v) is 6.73. The SMILES string of the molecule is Cc1ccc(NC(=O)[C@@H](C)[NH+]2CCOCC2)c(C(=O)c2ccccc2)c1. The van der Waals surface area contributed by atoms with Crippen molar-refractivity contribution in [2.75, 3.05) is 31.6 Å². The van der Waals surface area contributed by atoms with Gasteiger partial charge < -0.3 is 15.0 Å². The minimum Gasteiger partial charge on any atom is -0.370 e. The summed E-state index contributed by atoms with van der Waals surface area (Å²) in [6, 6.07) is 14.5. The average Bonchev–Trinajstić information content (AvgIpc) is 2.69. The van der Waals surface area contributed by atoms with Crippen LogP contribution < -0.4 is 10.2 Å². The van der Waals surface area contributed by atoms with Crippen molar-refractivity contribution in [3.05, 3.63) is 65.2 Å². The first-order chi connectivity index (χ1) is 12.6. The quantitative estimate of drug-likeness (QED) is 0.801. The standard InChI is InChI=1S/C21H24N2O3/c1-15-8-9-19(18(14-15)20(24)17-6-4-3-5-7-17)22-21(25)16(2)23-10-12-26-13-11-23/h3-9,14,16H,10-13H2,1-2H3,(H,22,25)/p+1/t16-/m1/s1. The van der Waals surface area contributed by atoms with Gasteiger partial charge in [-0.15, -0.1) is 0 Å². The van der Waals surface area contributed by atoms with E-state index in [1.54, 1.807) is 12.1 Å².